The van der Waals surface area contributed by atoms with Crippen LogP contribution in [-0.4, -0.2) is 72.8 Å². The summed E-state index contributed by atoms with van der Waals surface area (Å²) in [5.74, 6) is 2.37. The Labute approximate surface area is 275 Å². The number of nitrogens with zero attached hydrogens (tertiary/aromatic N) is 2. The molecule has 0 aliphatic carbocycles. The number of amides is 3. The first kappa shape index (κ1) is 33.3. The van der Waals surface area contributed by atoms with E-state index in [1.165, 1.54) is 0 Å². The Morgan fingerprint density at radius 3 is 2.28 bits per heavy atom. The molecule has 0 spiro atoms. The number of nitrogens with one attached hydrogen (secondary N) is 2. The van der Waals surface area contributed by atoms with Gasteiger partial charge in [-0.25, -0.2) is 4.79 Å². The topological polar surface area (TPSA) is 113 Å². The molecule has 3 N–H and O–H groups in total. The van der Waals surface area contributed by atoms with Gasteiger partial charge in [0.15, 0.2) is 0 Å². The van der Waals surface area contributed by atoms with Crippen LogP contribution in [0.15, 0.2) is 97.1 Å². The molecular weight excluding hydrogens is 596 g/mol. The molecule has 0 saturated carbocycles. The van der Waals surface area contributed by atoms with Crippen LogP contribution in [0.25, 0.3) is 0 Å². The third-order valence-corrected chi connectivity index (χ3v) is 8.12. The molecule has 10 heteroatoms. The lowest BCUT2D eigenvalue weighted by Crippen LogP contribution is -2.49. The van der Waals surface area contributed by atoms with E-state index in [9.17, 15) is 14.7 Å². The number of ether oxygens (including phenoxy) is 3. The van der Waals surface area contributed by atoms with Crippen molar-refractivity contribution in [3.63, 3.8) is 0 Å². The fourth-order valence-corrected chi connectivity index (χ4v) is 5.46. The van der Waals surface area contributed by atoms with Gasteiger partial charge in [0.2, 0.25) is 0 Å². The van der Waals surface area contributed by atoms with Crippen LogP contribution in [0.1, 0.15) is 29.8 Å². The molecule has 47 heavy (non-hydrogen) atoms. The highest BCUT2D eigenvalue weighted by Gasteiger charge is 2.33. The highest BCUT2D eigenvalue weighted by atomic mass is 16.5. The number of carbonyl (C=O) groups is 2. The van der Waals surface area contributed by atoms with Gasteiger partial charge in [0, 0.05) is 36.9 Å². The molecular formula is C37H42N4O6. The third-order valence-electron chi connectivity index (χ3n) is 8.12. The Hall–Kier alpha value is -5.06. The number of methoxy groups -OCH3 is 1. The molecule has 0 radical (unpaired) electrons. The minimum Gasteiger partial charge on any atom is -0.497 e. The van der Waals surface area contributed by atoms with Gasteiger partial charge in [0.05, 0.1) is 25.3 Å². The second kappa shape index (κ2) is 15.5. The van der Waals surface area contributed by atoms with Gasteiger partial charge in [-0.15, -0.1) is 0 Å². The number of aliphatic hydroxyl groups is 1. The Balaban J connectivity index is 1.29. The summed E-state index contributed by atoms with van der Waals surface area (Å²) >= 11 is 0. The van der Waals surface area contributed by atoms with Gasteiger partial charge < -0.3 is 34.9 Å². The average Bonchev–Trinajstić information content (AvgIpc) is 3.08. The number of fused-ring (bicyclic) bond motifs is 1. The SMILES string of the molecule is COc1ccc(NC(=O)Nc2ccc3c(c2)C(=O)N([C@@H](C)CO)C[C@H](C)[C@@H](CN(C)Cc2ccc(Oc4ccccc4)cc2)O3)cc1. The molecule has 1 aliphatic heterocycles. The van der Waals surface area contributed by atoms with Gasteiger partial charge in [-0.05, 0) is 86.3 Å². The van der Waals surface area contributed by atoms with E-state index in [0.717, 1.165) is 17.1 Å². The quantitative estimate of drug-likeness (QED) is 0.172. The summed E-state index contributed by atoms with van der Waals surface area (Å²) in [4.78, 5) is 30.5. The number of aliphatic hydroxyl groups excluding tert-OH is 1. The van der Waals surface area contributed by atoms with E-state index >= 15 is 0 Å². The lowest BCUT2D eigenvalue weighted by molar-refractivity contribution is 0.0341. The van der Waals surface area contributed by atoms with Crippen molar-refractivity contribution in [2.24, 2.45) is 5.92 Å². The minimum absolute atomic E-state index is 0.0294. The maximum atomic E-state index is 13.8. The number of hydrogen-bond acceptors (Lipinski definition) is 7. The van der Waals surface area contributed by atoms with Crippen LogP contribution in [0.2, 0.25) is 0 Å². The average molecular weight is 639 g/mol. The first-order valence-electron chi connectivity index (χ1n) is 15.7. The number of rotatable bonds is 11. The second-order valence-electron chi connectivity index (χ2n) is 11.9. The summed E-state index contributed by atoms with van der Waals surface area (Å²) in [5, 5.41) is 15.6. The third kappa shape index (κ3) is 8.81. The first-order valence-corrected chi connectivity index (χ1v) is 15.7. The maximum absolute atomic E-state index is 13.8. The standard InChI is InChI=1S/C37H42N4O6/c1-25-21-41(26(2)24-42)36(43)33-20-29(39-37(44)38-28-12-17-30(45-4)18-13-28)14-19-34(33)47-35(25)23-40(3)22-27-10-15-32(16-11-27)46-31-8-6-5-7-9-31/h5-20,25-26,35,42H,21-24H2,1-4H3,(H2,38,39,44)/t25-,26-,35+/m0/s1. The molecule has 0 unspecified atom stereocenters. The van der Waals surface area contributed by atoms with Gasteiger partial charge in [-0.3, -0.25) is 9.69 Å². The molecule has 0 bridgehead atoms. The zero-order valence-electron chi connectivity index (χ0n) is 27.2. The molecule has 3 amide bonds. The summed E-state index contributed by atoms with van der Waals surface area (Å²) < 4.78 is 17.6. The van der Waals surface area contributed by atoms with Crippen LogP contribution in [0, 0.1) is 5.92 Å². The van der Waals surface area contributed by atoms with Gasteiger partial charge in [0.25, 0.3) is 5.91 Å². The molecule has 3 atom stereocenters. The van der Waals surface area contributed by atoms with Crippen molar-refractivity contribution >= 4 is 23.3 Å². The molecule has 4 aromatic rings. The molecule has 0 aromatic heterocycles. The highest BCUT2D eigenvalue weighted by molar-refractivity contribution is 6.02. The number of carbonyl (C=O) groups excluding carboxylic acids is 2. The Kier molecular flexibility index (Phi) is 11.0. The summed E-state index contributed by atoms with van der Waals surface area (Å²) in [7, 11) is 3.62. The molecule has 10 nitrogen and oxygen atoms in total. The Bertz CT molecular complexity index is 1630. The van der Waals surface area contributed by atoms with Gasteiger partial charge >= 0.3 is 6.03 Å². The van der Waals surface area contributed by atoms with Gasteiger partial charge in [-0.2, -0.15) is 0 Å². The van der Waals surface area contributed by atoms with Crippen molar-refractivity contribution < 1.29 is 28.9 Å². The Morgan fingerprint density at radius 1 is 0.957 bits per heavy atom. The molecule has 0 fully saturated rings. The van der Waals surface area contributed by atoms with Gasteiger partial charge in [0.1, 0.15) is 29.1 Å². The molecule has 0 saturated heterocycles. The van der Waals surface area contributed by atoms with Crippen LogP contribution in [0.5, 0.6) is 23.0 Å². The zero-order valence-corrected chi connectivity index (χ0v) is 27.2. The van der Waals surface area contributed by atoms with Crippen LogP contribution < -0.4 is 24.8 Å². The van der Waals surface area contributed by atoms with E-state index in [1.54, 1.807) is 54.5 Å². The second-order valence-corrected chi connectivity index (χ2v) is 11.9. The van der Waals surface area contributed by atoms with E-state index in [4.69, 9.17) is 14.2 Å². The largest absolute Gasteiger partial charge is 0.497 e. The van der Waals surface area contributed by atoms with Crippen molar-refractivity contribution in [3.05, 3.63) is 108 Å². The number of urea groups is 1. The van der Waals surface area contributed by atoms with Crippen molar-refractivity contribution in [3.8, 4) is 23.0 Å². The predicted octanol–water partition coefficient (Wildman–Crippen LogP) is 6.48. The summed E-state index contributed by atoms with van der Waals surface area (Å²) in [5.41, 5.74) is 2.47. The number of likely N-dealkylation sites (N-methyl/N-ethyl adjacent to an activating group) is 1. The minimum atomic E-state index is -0.456. The van der Waals surface area contributed by atoms with Crippen molar-refractivity contribution in [2.75, 3.05) is 44.5 Å². The molecule has 1 heterocycles. The summed E-state index contributed by atoms with van der Waals surface area (Å²) in [6.45, 7) is 5.40. The molecule has 4 aromatic carbocycles. The first-order chi connectivity index (χ1) is 22.7. The van der Waals surface area contributed by atoms with Crippen LogP contribution in [-0.2, 0) is 6.54 Å². The number of hydrogen-bond donors (Lipinski definition) is 3. The van der Waals surface area contributed by atoms with E-state index in [1.807, 2.05) is 56.4 Å². The van der Waals surface area contributed by atoms with Gasteiger partial charge in [-0.1, -0.05) is 37.3 Å². The number of anilines is 2. The van der Waals surface area contributed by atoms with Crippen molar-refractivity contribution in [1.82, 2.24) is 9.80 Å². The zero-order chi connectivity index (χ0) is 33.3. The molecule has 246 valence electrons. The summed E-state index contributed by atoms with van der Waals surface area (Å²) in [6.07, 6.45) is -0.252. The smallest absolute Gasteiger partial charge is 0.323 e. The van der Waals surface area contributed by atoms with E-state index in [-0.39, 0.29) is 24.5 Å². The predicted molar refractivity (Wildman–Crippen MR) is 183 cm³/mol. The van der Waals surface area contributed by atoms with E-state index in [0.29, 0.717) is 48.1 Å². The number of benzene rings is 4. The highest BCUT2D eigenvalue weighted by Crippen LogP contribution is 2.31. The van der Waals surface area contributed by atoms with Crippen LogP contribution in [0.3, 0.4) is 0 Å². The van der Waals surface area contributed by atoms with E-state index < -0.39 is 12.1 Å². The van der Waals surface area contributed by atoms with Crippen molar-refractivity contribution in [2.45, 2.75) is 32.5 Å². The monoisotopic (exact) mass is 638 g/mol. The molecule has 1 aliphatic rings. The van der Waals surface area contributed by atoms with E-state index in [2.05, 4.69) is 34.6 Å². The lowest BCUT2D eigenvalue weighted by Gasteiger charge is -2.38. The molecule has 5 rings (SSSR count). The lowest BCUT2D eigenvalue weighted by atomic mass is 9.99. The maximum Gasteiger partial charge on any atom is 0.323 e. The van der Waals surface area contributed by atoms with Crippen LogP contribution in [0.4, 0.5) is 16.2 Å². The summed E-state index contributed by atoms with van der Waals surface area (Å²) in [6, 6.07) is 28.9. The van der Waals surface area contributed by atoms with Crippen molar-refractivity contribution in [1.29, 1.82) is 0 Å². The fraction of sp³-hybridized carbons (Fsp3) is 0.297. The normalized spacial score (nSPS) is 16.7. The Morgan fingerprint density at radius 2 is 1.60 bits per heavy atom. The number of para-hydroxylation sites is 1. The fourth-order valence-electron chi connectivity index (χ4n) is 5.46. The van der Waals surface area contributed by atoms with Crippen LogP contribution >= 0.6 is 0 Å².